The summed E-state index contributed by atoms with van der Waals surface area (Å²) in [6, 6.07) is 16.5. The Hall–Kier alpha value is -4.69. The fourth-order valence-electron chi connectivity index (χ4n) is 8.86. The summed E-state index contributed by atoms with van der Waals surface area (Å²) in [4.78, 5) is 51.2. The monoisotopic (exact) mass is 1240 g/mol. The summed E-state index contributed by atoms with van der Waals surface area (Å²) in [6.07, 6.45) is 18.2. The number of hydrogen-bond acceptors (Lipinski definition) is 16. The predicted molar refractivity (Wildman–Crippen MR) is 331 cm³/mol. The van der Waals surface area contributed by atoms with E-state index in [4.69, 9.17) is 13.9 Å². The van der Waals surface area contributed by atoms with Crippen LogP contribution in [0.1, 0.15) is 169 Å². The van der Waals surface area contributed by atoms with Crippen LogP contribution in [0.25, 0.3) is 0 Å². The van der Waals surface area contributed by atoms with Crippen molar-refractivity contribution in [3.05, 3.63) is 89.5 Å². The van der Waals surface area contributed by atoms with Gasteiger partial charge in [0.1, 0.15) is 0 Å². The molecule has 470 valence electrons. The molecule has 0 heterocycles. The second kappa shape index (κ2) is 37.7. The number of anilines is 3. The lowest BCUT2D eigenvalue weighted by Gasteiger charge is -2.34. The lowest BCUT2D eigenvalue weighted by Crippen LogP contribution is -2.43. The Morgan fingerprint density at radius 1 is 0.361 bits per heavy atom. The van der Waals surface area contributed by atoms with Crippen molar-refractivity contribution in [3.8, 4) is 0 Å². The average molecular weight is 1240 g/mol. The molecule has 0 unspecified atom stereocenters. The van der Waals surface area contributed by atoms with Crippen LogP contribution >= 0.6 is 7.82 Å². The van der Waals surface area contributed by atoms with Crippen LogP contribution in [-0.4, -0.2) is 170 Å². The summed E-state index contributed by atoms with van der Waals surface area (Å²) < 4.78 is 115. The molecular formula is C57H96N9O13PS3. The van der Waals surface area contributed by atoms with E-state index in [9.17, 15) is 39.6 Å². The quantitative estimate of drug-likeness (QED) is 0.0270. The van der Waals surface area contributed by atoms with Gasteiger partial charge in [-0.2, -0.15) is 13.9 Å². The maximum atomic E-state index is 16.3. The minimum absolute atomic E-state index is 0.0142. The molecule has 0 saturated carbocycles. The van der Waals surface area contributed by atoms with Gasteiger partial charge in [0.25, 0.3) is 17.7 Å². The topological polar surface area (TPSA) is 254 Å². The number of hydrogen-bond donors (Lipinski definition) is 3. The minimum atomic E-state index is -5.54. The second-order valence-corrected chi connectivity index (χ2v) is 27.4. The van der Waals surface area contributed by atoms with Crippen molar-refractivity contribution in [2.24, 2.45) is 0 Å². The fraction of sp³-hybridized carbons (Fsp3) is 0.632. The van der Waals surface area contributed by atoms with Gasteiger partial charge in [-0.15, -0.1) is 0 Å². The van der Waals surface area contributed by atoms with Crippen LogP contribution in [0.4, 0.5) is 17.1 Å². The maximum Gasteiger partial charge on any atom is 0.540 e. The molecule has 3 aromatic carbocycles. The number of nitrogens with one attached hydrogen (secondary N) is 3. The highest BCUT2D eigenvalue weighted by Gasteiger charge is 2.42. The van der Waals surface area contributed by atoms with Crippen LogP contribution in [0, 0.1) is 0 Å². The molecule has 0 fully saturated rings. The molecule has 0 aliphatic carbocycles. The van der Waals surface area contributed by atoms with E-state index in [1.807, 2.05) is 20.8 Å². The van der Waals surface area contributed by atoms with Crippen molar-refractivity contribution >= 4 is 72.7 Å². The van der Waals surface area contributed by atoms with Gasteiger partial charge in [-0.3, -0.25) is 28.5 Å². The van der Waals surface area contributed by atoms with Crippen molar-refractivity contribution in [2.75, 3.05) is 111 Å². The molecule has 3 aromatic rings. The van der Waals surface area contributed by atoms with Gasteiger partial charge in [-0.1, -0.05) is 119 Å². The Kier molecular flexibility index (Phi) is 32.9. The lowest BCUT2D eigenvalue weighted by atomic mass is 10.1. The number of nitrogens with zero attached hydrogens (tertiary/aromatic N) is 6. The SMILES string of the molecule is CCCCCCCN(CC)CCN(OP(=O)(ON(CCN(CC)CCCCCCC)C(=O)c1ccc(NS(C)(=O)=O)cc1)ON(CCN(CC)CCCCCCC)C(=O)c1ccc(NS(C)(=O)=O)cc1)C(=O)c1ccc(NS(C)(=O)=O)cc1. The summed E-state index contributed by atoms with van der Waals surface area (Å²) in [7, 11) is -16.6. The van der Waals surface area contributed by atoms with Crippen LogP contribution in [0.2, 0.25) is 0 Å². The van der Waals surface area contributed by atoms with Gasteiger partial charge in [0.2, 0.25) is 30.1 Å². The van der Waals surface area contributed by atoms with Crippen LogP contribution in [-0.2, 0) is 48.5 Å². The lowest BCUT2D eigenvalue weighted by molar-refractivity contribution is -0.151. The van der Waals surface area contributed by atoms with E-state index >= 15 is 4.57 Å². The Morgan fingerprint density at radius 3 is 0.795 bits per heavy atom. The van der Waals surface area contributed by atoms with Gasteiger partial charge in [0.15, 0.2) is 0 Å². The molecule has 26 heteroatoms. The zero-order chi connectivity index (χ0) is 61.5. The number of likely N-dealkylation sites (N-methyl/N-ethyl adjacent to an activating group) is 3. The zero-order valence-corrected chi connectivity index (χ0v) is 54.0. The second-order valence-electron chi connectivity index (χ2n) is 20.8. The fourth-order valence-corrected chi connectivity index (χ4v) is 11.8. The predicted octanol–water partition coefficient (Wildman–Crippen LogP) is 10.3. The van der Waals surface area contributed by atoms with E-state index in [-0.39, 0.29) is 73.0 Å². The highest BCUT2D eigenvalue weighted by atomic mass is 32.2. The van der Waals surface area contributed by atoms with E-state index in [0.29, 0.717) is 39.3 Å². The highest BCUT2D eigenvalue weighted by molar-refractivity contribution is 7.92. The smallest absolute Gasteiger partial charge is 0.302 e. The largest absolute Gasteiger partial charge is 0.540 e. The zero-order valence-electron chi connectivity index (χ0n) is 50.7. The molecule has 22 nitrogen and oxygen atoms in total. The molecule has 0 atom stereocenters. The van der Waals surface area contributed by atoms with Gasteiger partial charge in [-0.25, -0.2) is 45.0 Å². The van der Waals surface area contributed by atoms with Crippen LogP contribution in [0.3, 0.4) is 0 Å². The van der Waals surface area contributed by atoms with Gasteiger partial charge in [0, 0.05) is 53.4 Å². The van der Waals surface area contributed by atoms with Crippen LogP contribution < -0.4 is 14.2 Å². The minimum Gasteiger partial charge on any atom is -0.302 e. The molecule has 0 aromatic heterocycles. The maximum absolute atomic E-state index is 16.3. The van der Waals surface area contributed by atoms with Gasteiger partial charge < -0.3 is 14.7 Å². The van der Waals surface area contributed by atoms with Gasteiger partial charge >= 0.3 is 7.82 Å². The number of sulfonamides is 3. The first-order chi connectivity index (χ1) is 39.3. The molecule has 0 aliphatic rings. The average Bonchev–Trinajstić information content (AvgIpc) is 3.43. The molecule has 83 heavy (non-hydrogen) atoms. The Balaban J connectivity index is 2.33. The number of amides is 3. The van der Waals surface area contributed by atoms with Crippen molar-refractivity contribution in [3.63, 3.8) is 0 Å². The number of hydroxylamine groups is 6. The summed E-state index contributed by atoms with van der Waals surface area (Å²) in [5.41, 5.74) is 0.463. The number of rotatable bonds is 45. The van der Waals surface area contributed by atoms with Crippen molar-refractivity contribution in [1.82, 2.24) is 29.9 Å². The first kappa shape index (κ1) is 72.6. The number of benzene rings is 3. The van der Waals surface area contributed by atoms with Crippen molar-refractivity contribution < 1.29 is 58.1 Å². The van der Waals surface area contributed by atoms with E-state index in [1.54, 1.807) is 0 Å². The molecule has 0 aliphatic heterocycles. The molecule has 3 N–H and O–H groups in total. The first-order valence-corrected chi connectivity index (χ1v) is 36.5. The van der Waals surface area contributed by atoms with Gasteiger partial charge in [-0.05, 0) is 131 Å². The third kappa shape index (κ3) is 29.8. The third-order valence-corrected chi connectivity index (χ3v) is 16.5. The number of unbranched alkanes of at least 4 members (excludes halogenated alkanes) is 12. The molecule has 3 amide bonds. The molecule has 0 spiro atoms. The number of carbonyl (C=O) groups excluding carboxylic acids is 3. The highest BCUT2D eigenvalue weighted by Crippen LogP contribution is 2.53. The first-order valence-electron chi connectivity index (χ1n) is 29.4. The van der Waals surface area contributed by atoms with E-state index in [2.05, 4.69) is 49.6 Å². The molecule has 3 rings (SSSR count). The summed E-state index contributed by atoms with van der Waals surface area (Å²) in [5, 5.41) is 2.43. The number of phosphoric acid groups is 1. The van der Waals surface area contributed by atoms with E-state index in [1.165, 1.54) is 72.8 Å². The summed E-state index contributed by atoms with van der Waals surface area (Å²) in [6.45, 7) is 15.9. The standard InChI is InChI=1S/C57H96N9O13PS3/c1-10-16-19-22-25-40-61(13-4)43-46-64(55(67)49-28-34-52(35-29-49)58-81(7,71)72)77-80(70,78-65(47-44-62(14-5)41-26-23-20-17-11-2)56(68)50-30-36-53(37-31-50)59-82(8,73)74)79-66(48-45-63(15-6)42-27-24-21-18-12-3)57(69)51-32-38-54(39-33-51)60-83(9,75)76/h28-39,58-60H,10-27,40-48H2,1-9H3. The van der Waals surface area contributed by atoms with Crippen LogP contribution in [0.15, 0.2) is 72.8 Å². The van der Waals surface area contributed by atoms with E-state index < -0.39 is 55.6 Å². The van der Waals surface area contributed by atoms with Crippen molar-refractivity contribution in [2.45, 2.75) is 138 Å². The van der Waals surface area contributed by atoms with E-state index in [0.717, 1.165) is 130 Å². The molecule has 0 radical (unpaired) electrons. The molecule has 0 saturated heterocycles. The summed E-state index contributed by atoms with van der Waals surface area (Å²) >= 11 is 0. The van der Waals surface area contributed by atoms with Crippen molar-refractivity contribution in [1.29, 1.82) is 0 Å². The van der Waals surface area contributed by atoms with Crippen LogP contribution in [0.5, 0.6) is 0 Å². The Labute approximate surface area is 497 Å². The summed E-state index contributed by atoms with van der Waals surface area (Å²) in [5.74, 6) is -2.54. The normalized spacial score (nSPS) is 12.2. The Bertz CT molecular complexity index is 2480. The third-order valence-electron chi connectivity index (χ3n) is 13.5. The molecular weight excluding hydrogens is 1150 g/mol. The van der Waals surface area contributed by atoms with Gasteiger partial charge in [0.05, 0.1) is 38.4 Å². The molecule has 0 bridgehead atoms. The number of carbonyl (C=O) groups is 3. The Morgan fingerprint density at radius 2 is 0.590 bits per heavy atom.